The first kappa shape index (κ1) is 13.0. The van der Waals surface area contributed by atoms with Gasteiger partial charge in [0.1, 0.15) is 0 Å². The zero-order valence-corrected chi connectivity index (χ0v) is 11.7. The molecule has 94 valence electrons. The van der Waals surface area contributed by atoms with Crippen LogP contribution in [0.5, 0.6) is 0 Å². The Kier molecular flexibility index (Phi) is 4.19. The summed E-state index contributed by atoms with van der Waals surface area (Å²) in [5.74, 6) is 0. The van der Waals surface area contributed by atoms with Crippen LogP contribution in [0, 0.1) is 0 Å². The standard InChI is InChI=1S/C11H15BrN2O2S/c12-9-2-1-3-11(8-9)17(15,16)14-10-4-6-13-7-5-10/h1-3,8,10,13-14H,4-7H2. The van der Waals surface area contributed by atoms with Gasteiger partial charge < -0.3 is 5.32 Å². The number of hydrogen-bond acceptors (Lipinski definition) is 3. The van der Waals surface area contributed by atoms with Crippen LogP contribution in [0.4, 0.5) is 0 Å². The SMILES string of the molecule is O=S(=O)(NC1CCNCC1)c1cccc(Br)c1. The van der Waals surface area contributed by atoms with Crippen molar-refractivity contribution < 1.29 is 8.42 Å². The van der Waals surface area contributed by atoms with E-state index in [1.807, 2.05) is 6.07 Å². The summed E-state index contributed by atoms with van der Waals surface area (Å²) in [7, 11) is -3.39. The molecule has 1 aliphatic heterocycles. The monoisotopic (exact) mass is 318 g/mol. The van der Waals surface area contributed by atoms with Crippen molar-refractivity contribution in [1.82, 2.24) is 10.0 Å². The molecular formula is C11H15BrN2O2S. The summed E-state index contributed by atoms with van der Waals surface area (Å²) >= 11 is 3.28. The number of hydrogen-bond donors (Lipinski definition) is 2. The van der Waals surface area contributed by atoms with Crippen LogP contribution in [0.1, 0.15) is 12.8 Å². The maximum Gasteiger partial charge on any atom is 0.240 e. The summed E-state index contributed by atoms with van der Waals surface area (Å²) < 4.78 is 27.7. The number of rotatable bonds is 3. The molecule has 6 heteroatoms. The van der Waals surface area contributed by atoms with Gasteiger partial charge in [-0.1, -0.05) is 22.0 Å². The molecule has 17 heavy (non-hydrogen) atoms. The molecule has 1 aliphatic rings. The second kappa shape index (κ2) is 5.48. The smallest absolute Gasteiger partial charge is 0.240 e. The van der Waals surface area contributed by atoms with Crippen LogP contribution in [-0.4, -0.2) is 27.5 Å². The Morgan fingerprint density at radius 3 is 2.65 bits per heavy atom. The molecule has 0 atom stereocenters. The predicted molar refractivity (Wildman–Crippen MR) is 70.4 cm³/mol. The van der Waals surface area contributed by atoms with E-state index in [1.165, 1.54) is 0 Å². The van der Waals surface area contributed by atoms with Crippen molar-refractivity contribution in [1.29, 1.82) is 0 Å². The summed E-state index contributed by atoms with van der Waals surface area (Å²) in [5.41, 5.74) is 0. The van der Waals surface area contributed by atoms with Crippen molar-refractivity contribution in [2.75, 3.05) is 13.1 Å². The highest BCUT2D eigenvalue weighted by molar-refractivity contribution is 9.10. The molecule has 0 spiro atoms. The minimum atomic E-state index is -3.39. The molecule has 0 radical (unpaired) electrons. The van der Waals surface area contributed by atoms with Gasteiger partial charge in [-0.25, -0.2) is 13.1 Å². The van der Waals surface area contributed by atoms with Gasteiger partial charge in [-0.2, -0.15) is 0 Å². The quantitative estimate of drug-likeness (QED) is 0.887. The van der Waals surface area contributed by atoms with Crippen molar-refractivity contribution in [3.05, 3.63) is 28.7 Å². The zero-order valence-electron chi connectivity index (χ0n) is 9.32. The molecule has 1 aromatic carbocycles. The van der Waals surface area contributed by atoms with Gasteiger partial charge in [0, 0.05) is 10.5 Å². The lowest BCUT2D eigenvalue weighted by Gasteiger charge is -2.23. The van der Waals surface area contributed by atoms with E-state index < -0.39 is 10.0 Å². The molecule has 0 unspecified atom stereocenters. The first-order chi connectivity index (χ1) is 8.08. The maximum atomic E-state index is 12.1. The minimum absolute atomic E-state index is 0.0419. The number of piperidine rings is 1. The molecular weight excluding hydrogens is 304 g/mol. The summed E-state index contributed by atoms with van der Waals surface area (Å²) in [5, 5.41) is 3.21. The van der Waals surface area contributed by atoms with Gasteiger partial charge in [0.05, 0.1) is 4.90 Å². The van der Waals surface area contributed by atoms with E-state index >= 15 is 0 Å². The van der Waals surface area contributed by atoms with Gasteiger partial charge in [-0.3, -0.25) is 0 Å². The average Bonchev–Trinajstić information content (AvgIpc) is 2.30. The average molecular weight is 319 g/mol. The van der Waals surface area contributed by atoms with E-state index in [2.05, 4.69) is 26.0 Å². The molecule has 1 saturated heterocycles. The van der Waals surface area contributed by atoms with Crippen LogP contribution in [0.15, 0.2) is 33.6 Å². The highest BCUT2D eigenvalue weighted by Crippen LogP contribution is 2.17. The summed E-state index contributed by atoms with van der Waals surface area (Å²) in [4.78, 5) is 0.311. The molecule has 4 nitrogen and oxygen atoms in total. The fourth-order valence-corrected chi connectivity index (χ4v) is 3.76. The van der Waals surface area contributed by atoms with Gasteiger partial charge in [-0.05, 0) is 44.1 Å². The topological polar surface area (TPSA) is 58.2 Å². The number of halogens is 1. The van der Waals surface area contributed by atoms with Crippen LogP contribution in [-0.2, 0) is 10.0 Å². The first-order valence-corrected chi connectivity index (χ1v) is 7.84. The van der Waals surface area contributed by atoms with Crippen molar-refractivity contribution in [2.24, 2.45) is 0 Å². The van der Waals surface area contributed by atoms with Crippen molar-refractivity contribution in [2.45, 2.75) is 23.8 Å². The predicted octanol–water partition coefficient (Wildman–Crippen LogP) is 1.48. The minimum Gasteiger partial charge on any atom is -0.317 e. The van der Waals surface area contributed by atoms with Crippen molar-refractivity contribution in [3.8, 4) is 0 Å². The zero-order chi connectivity index (χ0) is 12.3. The molecule has 0 aliphatic carbocycles. The summed E-state index contributed by atoms with van der Waals surface area (Å²) in [6.07, 6.45) is 1.68. The van der Waals surface area contributed by atoms with Crippen LogP contribution >= 0.6 is 15.9 Å². The fraction of sp³-hybridized carbons (Fsp3) is 0.455. The van der Waals surface area contributed by atoms with Crippen molar-refractivity contribution in [3.63, 3.8) is 0 Å². The second-order valence-corrected chi connectivity index (χ2v) is 6.73. The lowest BCUT2D eigenvalue weighted by atomic mass is 10.1. The van der Waals surface area contributed by atoms with Crippen LogP contribution in [0.2, 0.25) is 0 Å². The third-order valence-corrected chi connectivity index (χ3v) is 4.78. The number of sulfonamides is 1. The maximum absolute atomic E-state index is 12.1. The van der Waals surface area contributed by atoms with Gasteiger partial charge in [-0.15, -0.1) is 0 Å². The molecule has 1 fully saturated rings. The fourth-order valence-electron chi connectivity index (χ4n) is 1.86. The molecule has 1 heterocycles. The lowest BCUT2D eigenvalue weighted by molar-refractivity contribution is 0.427. The van der Waals surface area contributed by atoms with E-state index in [0.717, 1.165) is 30.4 Å². The molecule has 2 N–H and O–H groups in total. The number of nitrogens with one attached hydrogen (secondary N) is 2. The second-order valence-electron chi connectivity index (χ2n) is 4.10. The third-order valence-electron chi connectivity index (χ3n) is 2.77. The van der Waals surface area contributed by atoms with Gasteiger partial charge in [0.15, 0.2) is 0 Å². The Bertz CT molecular complexity index is 484. The van der Waals surface area contributed by atoms with E-state index in [1.54, 1.807) is 18.2 Å². The molecule has 2 rings (SSSR count). The van der Waals surface area contributed by atoms with Crippen LogP contribution < -0.4 is 10.0 Å². The Morgan fingerprint density at radius 1 is 1.29 bits per heavy atom. The largest absolute Gasteiger partial charge is 0.317 e. The van der Waals surface area contributed by atoms with E-state index in [9.17, 15) is 8.42 Å². The van der Waals surface area contributed by atoms with Gasteiger partial charge >= 0.3 is 0 Å². The summed E-state index contributed by atoms with van der Waals surface area (Å²) in [6, 6.07) is 6.79. The molecule has 0 saturated carbocycles. The molecule has 0 amide bonds. The molecule has 1 aromatic rings. The molecule has 0 bridgehead atoms. The van der Waals surface area contributed by atoms with E-state index in [0.29, 0.717) is 4.90 Å². The van der Waals surface area contributed by atoms with Crippen LogP contribution in [0.25, 0.3) is 0 Å². The Labute approximate surface area is 110 Å². The van der Waals surface area contributed by atoms with E-state index in [4.69, 9.17) is 0 Å². The lowest BCUT2D eigenvalue weighted by Crippen LogP contribution is -2.42. The highest BCUT2D eigenvalue weighted by atomic mass is 79.9. The Morgan fingerprint density at radius 2 is 2.00 bits per heavy atom. The highest BCUT2D eigenvalue weighted by Gasteiger charge is 2.21. The van der Waals surface area contributed by atoms with E-state index in [-0.39, 0.29) is 6.04 Å². The van der Waals surface area contributed by atoms with Gasteiger partial charge in [0.25, 0.3) is 0 Å². The van der Waals surface area contributed by atoms with Crippen molar-refractivity contribution >= 4 is 26.0 Å². The third kappa shape index (κ3) is 3.51. The first-order valence-electron chi connectivity index (χ1n) is 5.56. The number of benzene rings is 1. The van der Waals surface area contributed by atoms with Crippen LogP contribution in [0.3, 0.4) is 0 Å². The summed E-state index contributed by atoms with van der Waals surface area (Å²) in [6.45, 7) is 1.73. The Hall–Kier alpha value is -0.430. The van der Waals surface area contributed by atoms with Gasteiger partial charge in [0.2, 0.25) is 10.0 Å². The Balaban J connectivity index is 2.13. The molecule has 0 aromatic heterocycles. The normalized spacial score (nSPS) is 18.2.